The molecule has 0 bridgehead atoms. The maximum Gasteiger partial charge on any atom is 0.109 e. The van der Waals surface area contributed by atoms with E-state index in [1.807, 2.05) is 18.2 Å². The summed E-state index contributed by atoms with van der Waals surface area (Å²) >= 11 is 0. The number of nitriles is 1. The first-order valence-corrected chi connectivity index (χ1v) is 5.25. The van der Waals surface area contributed by atoms with Crippen molar-refractivity contribution in [2.24, 2.45) is 0 Å². The van der Waals surface area contributed by atoms with Crippen molar-refractivity contribution in [1.82, 2.24) is 14.8 Å². The van der Waals surface area contributed by atoms with Crippen LogP contribution in [-0.2, 0) is 13.0 Å². The van der Waals surface area contributed by atoms with E-state index in [1.165, 1.54) is 4.68 Å². The van der Waals surface area contributed by atoms with Crippen LogP contribution < -0.4 is 0 Å². The SMILES string of the molecule is N#CCc1cc(-c2cccnc2)nn1CCF. The van der Waals surface area contributed by atoms with Crippen LogP contribution >= 0.6 is 0 Å². The molecule has 2 aromatic rings. The number of rotatable bonds is 4. The smallest absolute Gasteiger partial charge is 0.109 e. The van der Waals surface area contributed by atoms with Gasteiger partial charge in [-0.05, 0) is 18.2 Å². The van der Waals surface area contributed by atoms with Crippen LogP contribution in [0, 0.1) is 11.3 Å². The highest BCUT2D eigenvalue weighted by Crippen LogP contribution is 2.18. The van der Waals surface area contributed by atoms with E-state index in [4.69, 9.17) is 5.26 Å². The fourth-order valence-electron chi connectivity index (χ4n) is 1.61. The Morgan fingerprint density at radius 2 is 2.35 bits per heavy atom. The third kappa shape index (κ3) is 2.48. The van der Waals surface area contributed by atoms with Gasteiger partial charge in [0, 0.05) is 18.0 Å². The Morgan fingerprint density at radius 1 is 1.47 bits per heavy atom. The van der Waals surface area contributed by atoms with Gasteiger partial charge in [-0.1, -0.05) is 0 Å². The average molecular weight is 230 g/mol. The summed E-state index contributed by atoms with van der Waals surface area (Å²) in [6, 6.07) is 7.54. The summed E-state index contributed by atoms with van der Waals surface area (Å²) in [5, 5.41) is 13.0. The van der Waals surface area contributed by atoms with Gasteiger partial charge in [0.2, 0.25) is 0 Å². The van der Waals surface area contributed by atoms with E-state index in [2.05, 4.69) is 10.1 Å². The van der Waals surface area contributed by atoms with Crippen molar-refractivity contribution in [3.63, 3.8) is 0 Å². The summed E-state index contributed by atoms with van der Waals surface area (Å²) in [5.74, 6) is 0. The Bertz CT molecular complexity index is 527. The number of hydrogen-bond donors (Lipinski definition) is 0. The van der Waals surface area contributed by atoms with Crippen LogP contribution in [0.25, 0.3) is 11.3 Å². The highest BCUT2D eigenvalue weighted by Gasteiger charge is 2.09. The van der Waals surface area contributed by atoms with Crippen LogP contribution in [0.2, 0.25) is 0 Å². The van der Waals surface area contributed by atoms with Gasteiger partial charge in [-0.3, -0.25) is 9.67 Å². The second kappa shape index (κ2) is 5.21. The maximum atomic E-state index is 12.4. The second-order valence-corrected chi connectivity index (χ2v) is 3.51. The number of aryl methyl sites for hydroxylation is 1. The van der Waals surface area contributed by atoms with Crippen molar-refractivity contribution in [3.05, 3.63) is 36.3 Å². The topological polar surface area (TPSA) is 54.5 Å². The zero-order valence-electron chi connectivity index (χ0n) is 9.17. The highest BCUT2D eigenvalue weighted by atomic mass is 19.1. The lowest BCUT2D eigenvalue weighted by Crippen LogP contribution is -2.05. The zero-order chi connectivity index (χ0) is 12.1. The Labute approximate surface area is 98.3 Å². The molecule has 0 unspecified atom stereocenters. The number of nitrogens with zero attached hydrogens (tertiary/aromatic N) is 4. The standard InChI is InChI=1S/C12H11FN4/c13-4-7-17-11(3-5-14)8-12(16-17)10-2-1-6-15-9-10/h1-2,6,8-9H,3-4,7H2. The van der Waals surface area contributed by atoms with Gasteiger partial charge < -0.3 is 0 Å². The van der Waals surface area contributed by atoms with E-state index >= 15 is 0 Å². The van der Waals surface area contributed by atoms with Crippen molar-refractivity contribution in [2.75, 3.05) is 6.67 Å². The summed E-state index contributed by atoms with van der Waals surface area (Å²) in [4.78, 5) is 4.00. The van der Waals surface area contributed by atoms with Gasteiger partial charge in [0.25, 0.3) is 0 Å². The summed E-state index contributed by atoms with van der Waals surface area (Å²) in [7, 11) is 0. The number of pyridine rings is 1. The molecule has 0 saturated carbocycles. The molecule has 0 saturated heterocycles. The molecular weight excluding hydrogens is 219 g/mol. The lowest BCUT2D eigenvalue weighted by molar-refractivity contribution is 0.422. The quantitative estimate of drug-likeness (QED) is 0.807. The number of alkyl halides is 1. The molecule has 17 heavy (non-hydrogen) atoms. The molecule has 0 atom stereocenters. The lowest BCUT2D eigenvalue weighted by Gasteiger charge is -2.00. The van der Waals surface area contributed by atoms with Crippen LogP contribution in [0.5, 0.6) is 0 Å². The monoisotopic (exact) mass is 230 g/mol. The Hall–Kier alpha value is -2.22. The number of aromatic nitrogens is 3. The molecule has 0 radical (unpaired) electrons. The molecule has 0 aromatic carbocycles. The van der Waals surface area contributed by atoms with Crippen LogP contribution in [-0.4, -0.2) is 21.4 Å². The van der Waals surface area contributed by atoms with Crippen LogP contribution in [0.4, 0.5) is 4.39 Å². The molecule has 0 N–H and O–H groups in total. The first-order valence-electron chi connectivity index (χ1n) is 5.25. The highest BCUT2D eigenvalue weighted by molar-refractivity contribution is 5.57. The molecular formula is C12H11FN4. The fourth-order valence-corrected chi connectivity index (χ4v) is 1.61. The molecule has 4 nitrogen and oxygen atoms in total. The van der Waals surface area contributed by atoms with Crippen molar-refractivity contribution in [1.29, 1.82) is 5.26 Å². The maximum absolute atomic E-state index is 12.4. The predicted molar refractivity (Wildman–Crippen MR) is 60.8 cm³/mol. The molecule has 86 valence electrons. The van der Waals surface area contributed by atoms with Crippen molar-refractivity contribution >= 4 is 0 Å². The van der Waals surface area contributed by atoms with Crippen LogP contribution in [0.1, 0.15) is 5.69 Å². The van der Waals surface area contributed by atoms with Gasteiger partial charge in [0.15, 0.2) is 0 Å². The molecule has 2 aromatic heterocycles. The molecule has 0 aliphatic rings. The molecule has 2 heterocycles. The normalized spacial score (nSPS) is 10.1. The van der Waals surface area contributed by atoms with Gasteiger partial charge >= 0.3 is 0 Å². The van der Waals surface area contributed by atoms with Crippen LogP contribution in [0.15, 0.2) is 30.6 Å². The minimum atomic E-state index is -0.493. The summed E-state index contributed by atoms with van der Waals surface area (Å²) < 4.78 is 13.9. The van der Waals surface area contributed by atoms with Crippen LogP contribution in [0.3, 0.4) is 0 Å². The third-order valence-corrected chi connectivity index (χ3v) is 2.38. The van der Waals surface area contributed by atoms with Crippen molar-refractivity contribution in [2.45, 2.75) is 13.0 Å². The van der Waals surface area contributed by atoms with E-state index < -0.39 is 6.67 Å². The summed E-state index contributed by atoms with van der Waals surface area (Å²) in [5.41, 5.74) is 2.31. The van der Waals surface area contributed by atoms with Gasteiger partial charge in [0.05, 0.1) is 30.4 Å². The number of hydrogen-bond acceptors (Lipinski definition) is 3. The largest absolute Gasteiger partial charge is 0.265 e. The first kappa shape index (κ1) is 11.3. The lowest BCUT2D eigenvalue weighted by atomic mass is 10.2. The molecule has 0 aliphatic carbocycles. The predicted octanol–water partition coefficient (Wildman–Crippen LogP) is 1.98. The molecule has 0 spiro atoms. The molecule has 0 fully saturated rings. The Balaban J connectivity index is 2.37. The molecule has 0 amide bonds. The van der Waals surface area contributed by atoms with E-state index in [0.29, 0.717) is 0 Å². The van der Waals surface area contributed by atoms with E-state index in [-0.39, 0.29) is 13.0 Å². The summed E-state index contributed by atoms with van der Waals surface area (Å²) in [6.45, 7) is -0.316. The Morgan fingerprint density at radius 3 is 3.00 bits per heavy atom. The van der Waals surface area contributed by atoms with Gasteiger partial charge in [-0.15, -0.1) is 0 Å². The second-order valence-electron chi connectivity index (χ2n) is 3.51. The van der Waals surface area contributed by atoms with Gasteiger partial charge in [0.1, 0.15) is 6.67 Å². The fraction of sp³-hybridized carbons (Fsp3) is 0.250. The Kier molecular flexibility index (Phi) is 3.46. The van der Waals surface area contributed by atoms with E-state index in [0.717, 1.165) is 17.0 Å². The van der Waals surface area contributed by atoms with Gasteiger partial charge in [-0.25, -0.2) is 4.39 Å². The third-order valence-electron chi connectivity index (χ3n) is 2.38. The summed E-state index contributed by atoms with van der Waals surface area (Å²) in [6.07, 6.45) is 3.60. The van der Waals surface area contributed by atoms with Crippen molar-refractivity contribution in [3.8, 4) is 17.3 Å². The minimum Gasteiger partial charge on any atom is -0.265 e. The van der Waals surface area contributed by atoms with E-state index in [1.54, 1.807) is 18.5 Å². The molecule has 2 rings (SSSR count). The molecule has 0 aliphatic heterocycles. The van der Waals surface area contributed by atoms with Crippen molar-refractivity contribution < 1.29 is 4.39 Å². The van der Waals surface area contributed by atoms with Gasteiger partial charge in [-0.2, -0.15) is 10.4 Å². The number of halogens is 1. The minimum absolute atomic E-state index is 0.178. The van der Waals surface area contributed by atoms with E-state index in [9.17, 15) is 4.39 Å². The zero-order valence-corrected chi connectivity index (χ0v) is 9.17. The first-order chi connectivity index (χ1) is 8.35. The average Bonchev–Trinajstić information content (AvgIpc) is 2.75. The molecule has 5 heteroatoms.